The van der Waals surface area contributed by atoms with Crippen molar-refractivity contribution in [1.82, 2.24) is 0 Å². The largest absolute Gasteiger partial charge is 0.390 e. The molecule has 7 heteroatoms. The summed E-state index contributed by atoms with van der Waals surface area (Å²) in [7, 11) is 0. The van der Waals surface area contributed by atoms with Crippen LogP contribution in [0.15, 0.2) is 27.8 Å². The quantitative estimate of drug-likeness (QED) is 0.375. The summed E-state index contributed by atoms with van der Waals surface area (Å²) in [5, 5.41) is 22.6. The van der Waals surface area contributed by atoms with Gasteiger partial charge < -0.3 is 10.2 Å². The second-order valence-electron chi connectivity index (χ2n) is 3.29. The molecule has 0 aliphatic heterocycles. The SMILES string of the molecule is [N-]=[N+]=NCC(O)C(O)c1cccc(C=O)c1Br. The molecule has 90 valence electrons. The van der Waals surface area contributed by atoms with Gasteiger partial charge in [-0.3, -0.25) is 4.79 Å². The average Bonchev–Trinajstić information content (AvgIpc) is 2.35. The molecule has 0 spiro atoms. The summed E-state index contributed by atoms with van der Waals surface area (Å²) >= 11 is 3.17. The Kier molecular flexibility index (Phi) is 5.11. The third-order valence-electron chi connectivity index (χ3n) is 2.20. The predicted molar refractivity (Wildman–Crippen MR) is 64.5 cm³/mol. The Labute approximate surface area is 106 Å². The maximum absolute atomic E-state index is 10.7. The van der Waals surface area contributed by atoms with Crippen molar-refractivity contribution in [3.8, 4) is 0 Å². The Morgan fingerprint density at radius 1 is 1.53 bits per heavy atom. The summed E-state index contributed by atoms with van der Waals surface area (Å²) in [6, 6.07) is 4.74. The van der Waals surface area contributed by atoms with E-state index in [-0.39, 0.29) is 6.54 Å². The van der Waals surface area contributed by atoms with Crippen LogP contribution >= 0.6 is 15.9 Å². The lowest BCUT2D eigenvalue weighted by atomic mass is 10.0. The summed E-state index contributed by atoms with van der Waals surface area (Å²) in [4.78, 5) is 13.2. The number of aliphatic hydroxyl groups is 2. The van der Waals surface area contributed by atoms with Crippen LogP contribution < -0.4 is 0 Å². The molecule has 1 rings (SSSR count). The summed E-state index contributed by atoms with van der Waals surface area (Å²) in [5.74, 6) is 0. The first-order chi connectivity index (χ1) is 8.11. The van der Waals surface area contributed by atoms with E-state index in [4.69, 9.17) is 5.53 Å². The third kappa shape index (κ3) is 3.28. The minimum atomic E-state index is -1.23. The molecule has 0 heterocycles. The van der Waals surface area contributed by atoms with Gasteiger partial charge in [-0.2, -0.15) is 0 Å². The Morgan fingerprint density at radius 2 is 2.24 bits per heavy atom. The number of hydrogen-bond acceptors (Lipinski definition) is 4. The van der Waals surface area contributed by atoms with E-state index < -0.39 is 12.2 Å². The Balaban J connectivity index is 2.99. The van der Waals surface area contributed by atoms with Crippen LogP contribution in [0, 0.1) is 0 Å². The molecule has 6 nitrogen and oxygen atoms in total. The monoisotopic (exact) mass is 299 g/mol. The van der Waals surface area contributed by atoms with Crippen LogP contribution in [0.5, 0.6) is 0 Å². The van der Waals surface area contributed by atoms with Gasteiger partial charge in [-0.25, -0.2) is 0 Å². The number of hydrogen-bond donors (Lipinski definition) is 2. The van der Waals surface area contributed by atoms with E-state index in [1.165, 1.54) is 0 Å². The highest BCUT2D eigenvalue weighted by atomic mass is 79.9. The molecule has 0 saturated carbocycles. The number of azide groups is 1. The molecule has 2 unspecified atom stereocenters. The summed E-state index contributed by atoms with van der Waals surface area (Å²) in [6.45, 7) is -0.241. The molecular formula is C10H10BrN3O3. The maximum Gasteiger partial charge on any atom is 0.151 e. The van der Waals surface area contributed by atoms with E-state index in [2.05, 4.69) is 26.0 Å². The molecule has 0 aromatic heterocycles. The summed E-state index contributed by atoms with van der Waals surface area (Å²) in [6.07, 6.45) is -1.81. The predicted octanol–water partition coefficient (Wildman–Crippen LogP) is 1.97. The number of rotatable bonds is 5. The first-order valence-electron chi connectivity index (χ1n) is 4.72. The molecule has 0 bridgehead atoms. The fourth-order valence-corrected chi connectivity index (χ4v) is 1.91. The standard InChI is InChI=1S/C10H10BrN3O3/c11-9-6(5-15)2-1-3-7(9)10(17)8(16)4-13-14-12/h1-3,5,8,10,16-17H,4H2. The molecule has 0 saturated heterocycles. The maximum atomic E-state index is 10.7. The van der Waals surface area contributed by atoms with Crippen LogP contribution in [0.25, 0.3) is 10.4 Å². The lowest BCUT2D eigenvalue weighted by molar-refractivity contribution is 0.0239. The zero-order valence-corrected chi connectivity index (χ0v) is 10.3. The van der Waals surface area contributed by atoms with Crippen molar-refractivity contribution in [2.75, 3.05) is 6.54 Å². The Morgan fingerprint density at radius 3 is 2.82 bits per heavy atom. The van der Waals surface area contributed by atoms with Gasteiger partial charge >= 0.3 is 0 Å². The molecule has 0 aliphatic carbocycles. The smallest absolute Gasteiger partial charge is 0.151 e. The Bertz CT molecular complexity index is 460. The number of aldehydes is 1. The van der Waals surface area contributed by atoms with E-state index in [0.29, 0.717) is 21.9 Å². The molecule has 0 radical (unpaired) electrons. The van der Waals surface area contributed by atoms with Crippen molar-refractivity contribution >= 4 is 22.2 Å². The van der Waals surface area contributed by atoms with Gasteiger partial charge in [0.25, 0.3) is 0 Å². The minimum absolute atomic E-state index is 0.241. The fraction of sp³-hybridized carbons (Fsp3) is 0.300. The molecular weight excluding hydrogens is 290 g/mol. The molecule has 2 N–H and O–H groups in total. The number of carbonyl (C=O) groups is 1. The highest BCUT2D eigenvalue weighted by Crippen LogP contribution is 2.28. The van der Waals surface area contributed by atoms with Gasteiger partial charge in [-0.05, 0) is 27.0 Å². The lowest BCUT2D eigenvalue weighted by Gasteiger charge is -2.18. The van der Waals surface area contributed by atoms with Gasteiger partial charge in [0.15, 0.2) is 6.29 Å². The normalized spacial score (nSPS) is 13.6. The Hall–Kier alpha value is -1.40. The molecule has 0 amide bonds. The van der Waals surface area contributed by atoms with Crippen LogP contribution in [0.1, 0.15) is 22.0 Å². The second-order valence-corrected chi connectivity index (χ2v) is 4.09. The molecule has 1 aromatic carbocycles. The summed E-state index contributed by atoms with van der Waals surface area (Å²) in [5.41, 5.74) is 8.86. The molecule has 17 heavy (non-hydrogen) atoms. The molecule has 2 atom stereocenters. The van der Waals surface area contributed by atoms with Gasteiger partial charge in [0, 0.05) is 14.9 Å². The van der Waals surface area contributed by atoms with E-state index in [1.807, 2.05) is 0 Å². The minimum Gasteiger partial charge on any atom is -0.390 e. The van der Waals surface area contributed by atoms with Crippen molar-refractivity contribution in [2.24, 2.45) is 5.11 Å². The van der Waals surface area contributed by atoms with Gasteiger partial charge in [-0.1, -0.05) is 23.3 Å². The van der Waals surface area contributed by atoms with Crippen LogP contribution in [-0.4, -0.2) is 29.1 Å². The zero-order valence-electron chi connectivity index (χ0n) is 8.69. The number of halogens is 1. The van der Waals surface area contributed by atoms with Crippen LogP contribution in [0.3, 0.4) is 0 Å². The lowest BCUT2D eigenvalue weighted by Crippen LogP contribution is -2.21. The average molecular weight is 300 g/mol. The topological polar surface area (TPSA) is 106 Å². The van der Waals surface area contributed by atoms with Crippen LogP contribution in [-0.2, 0) is 0 Å². The van der Waals surface area contributed by atoms with Crippen molar-refractivity contribution in [3.63, 3.8) is 0 Å². The van der Waals surface area contributed by atoms with Gasteiger partial charge in [-0.15, -0.1) is 0 Å². The molecule has 0 aliphatic rings. The second kappa shape index (κ2) is 6.36. The highest BCUT2D eigenvalue weighted by Gasteiger charge is 2.20. The van der Waals surface area contributed by atoms with E-state index in [1.54, 1.807) is 18.2 Å². The van der Waals surface area contributed by atoms with E-state index in [0.717, 1.165) is 0 Å². The van der Waals surface area contributed by atoms with Gasteiger partial charge in [0.1, 0.15) is 6.10 Å². The van der Waals surface area contributed by atoms with Crippen LogP contribution in [0.2, 0.25) is 0 Å². The first kappa shape index (κ1) is 13.7. The van der Waals surface area contributed by atoms with E-state index in [9.17, 15) is 15.0 Å². The van der Waals surface area contributed by atoms with Crippen molar-refractivity contribution in [3.05, 3.63) is 44.2 Å². The van der Waals surface area contributed by atoms with Crippen molar-refractivity contribution < 1.29 is 15.0 Å². The highest BCUT2D eigenvalue weighted by molar-refractivity contribution is 9.10. The number of aliphatic hydroxyl groups excluding tert-OH is 2. The van der Waals surface area contributed by atoms with Crippen molar-refractivity contribution in [2.45, 2.75) is 12.2 Å². The molecule has 1 aromatic rings. The number of nitrogens with zero attached hydrogens (tertiary/aromatic N) is 3. The third-order valence-corrected chi connectivity index (χ3v) is 3.12. The molecule has 0 fully saturated rings. The number of benzene rings is 1. The first-order valence-corrected chi connectivity index (χ1v) is 5.51. The zero-order chi connectivity index (χ0) is 12.8. The van der Waals surface area contributed by atoms with Gasteiger partial charge in [0.05, 0.1) is 12.6 Å². The summed E-state index contributed by atoms with van der Waals surface area (Å²) < 4.78 is 0.419. The van der Waals surface area contributed by atoms with Crippen LogP contribution in [0.4, 0.5) is 0 Å². The fourth-order valence-electron chi connectivity index (χ4n) is 1.32. The number of carbonyl (C=O) groups excluding carboxylic acids is 1. The van der Waals surface area contributed by atoms with Crippen molar-refractivity contribution in [1.29, 1.82) is 0 Å². The van der Waals surface area contributed by atoms with E-state index >= 15 is 0 Å². The van der Waals surface area contributed by atoms with Gasteiger partial charge in [0.2, 0.25) is 0 Å².